The molecular formula is C13H17NO3. The molecule has 0 atom stereocenters. The van der Waals surface area contributed by atoms with Crippen molar-refractivity contribution in [3.8, 4) is 0 Å². The fourth-order valence-electron chi connectivity index (χ4n) is 1.59. The maximum absolute atomic E-state index is 12.0. The third-order valence-corrected chi connectivity index (χ3v) is 2.61. The summed E-state index contributed by atoms with van der Waals surface area (Å²) in [6.07, 6.45) is 0.564. The monoisotopic (exact) mass is 235 g/mol. The van der Waals surface area contributed by atoms with E-state index in [4.69, 9.17) is 5.11 Å². The third-order valence-electron chi connectivity index (χ3n) is 2.61. The molecule has 0 saturated carbocycles. The van der Waals surface area contributed by atoms with Gasteiger partial charge in [-0.3, -0.25) is 9.59 Å². The van der Waals surface area contributed by atoms with Gasteiger partial charge in [-0.1, -0.05) is 18.2 Å². The zero-order chi connectivity index (χ0) is 12.8. The molecule has 0 saturated heterocycles. The number of nitrogens with zero attached hydrogens (tertiary/aromatic N) is 1. The molecule has 1 aromatic carbocycles. The van der Waals surface area contributed by atoms with Crippen molar-refractivity contribution in [2.24, 2.45) is 0 Å². The molecule has 1 rings (SSSR count). The van der Waals surface area contributed by atoms with Crippen LogP contribution in [0.1, 0.15) is 28.8 Å². The number of carbonyl (C=O) groups excluding carboxylic acids is 1. The van der Waals surface area contributed by atoms with Gasteiger partial charge < -0.3 is 10.0 Å². The van der Waals surface area contributed by atoms with Crippen LogP contribution in [-0.4, -0.2) is 35.5 Å². The van der Waals surface area contributed by atoms with Gasteiger partial charge in [-0.2, -0.15) is 0 Å². The topological polar surface area (TPSA) is 57.6 Å². The number of carbonyl (C=O) groups is 2. The first kappa shape index (κ1) is 13.2. The highest BCUT2D eigenvalue weighted by molar-refractivity contribution is 5.95. The van der Waals surface area contributed by atoms with Crippen molar-refractivity contribution >= 4 is 11.9 Å². The summed E-state index contributed by atoms with van der Waals surface area (Å²) in [6.45, 7) is 2.35. The number of rotatable bonds is 5. The van der Waals surface area contributed by atoms with Gasteiger partial charge in [0, 0.05) is 25.6 Å². The fraction of sp³-hybridized carbons (Fsp3) is 0.385. The predicted octanol–water partition coefficient (Wildman–Crippen LogP) is 1.93. The van der Waals surface area contributed by atoms with E-state index in [1.165, 1.54) is 0 Å². The Kier molecular flexibility index (Phi) is 4.69. The Morgan fingerprint density at radius 1 is 1.29 bits per heavy atom. The van der Waals surface area contributed by atoms with E-state index in [9.17, 15) is 9.59 Å². The summed E-state index contributed by atoms with van der Waals surface area (Å²) in [5, 5.41) is 8.52. The quantitative estimate of drug-likeness (QED) is 0.848. The van der Waals surface area contributed by atoms with Crippen molar-refractivity contribution in [2.45, 2.75) is 19.8 Å². The Hall–Kier alpha value is -1.84. The normalized spacial score (nSPS) is 10.0. The van der Waals surface area contributed by atoms with Gasteiger partial charge in [-0.15, -0.1) is 0 Å². The number of carboxylic acid groups (broad SMARTS) is 1. The maximum Gasteiger partial charge on any atom is 0.303 e. The van der Waals surface area contributed by atoms with Gasteiger partial charge in [0.25, 0.3) is 5.91 Å². The minimum Gasteiger partial charge on any atom is -0.481 e. The minimum absolute atomic E-state index is 0.0616. The maximum atomic E-state index is 12.0. The number of aryl methyl sites for hydroxylation is 1. The van der Waals surface area contributed by atoms with Crippen LogP contribution in [0.5, 0.6) is 0 Å². The lowest BCUT2D eigenvalue weighted by Crippen LogP contribution is -2.28. The molecular weight excluding hydrogens is 218 g/mol. The summed E-state index contributed by atoms with van der Waals surface area (Å²) in [4.78, 5) is 24.0. The molecule has 0 aliphatic carbocycles. The molecule has 0 aliphatic heterocycles. The van der Waals surface area contributed by atoms with Gasteiger partial charge in [-0.05, 0) is 25.0 Å². The highest BCUT2D eigenvalue weighted by Crippen LogP contribution is 2.10. The zero-order valence-corrected chi connectivity index (χ0v) is 10.1. The molecule has 17 heavy (non-hydrogen) atoms. The molecule has 0 bridgehead atoms. The lowest BCUT2D eigenvalue weighted by atomic mass is 10.1. The molecule has 1 aromatic rings. The zero-order valence-electron chi connectivity index (χ0n) is 10.1. The van der Waals surface area contributed by atoms with Crippen LogP contribution in [0.4, 0.5) is 0 Å². The Morgan fingerprint density at radius 2 is 1.94 bits per heavy atom. The second-order valence-corrected chi connectivity index (χ2v) is 4.04. The van der Waals surface area contributed by atoms with Crippen molar-refractivity contribution in [2.75, 3.05) is 13.6 Å². The number of hydrogen-bond donors (Lipinski definition) is 1. The third kappa shape index (κ3) is 3.90. The van der Waals surface area contributed by atoms with E-state index in [0.717, 1.165) is 5.56 Å². The first-order chi connectivity index (χ1) is 8.02. The first-order valence-electron chi connectivity index (χ1n) is 5.55. The van der Waals surface area contributed by atoms with Crippen LogP contribution in [0.15, 0.2) is 24.3 Å². The lowest BCUT2D eigenvalue weighted by Gasteiger charge is -2.17. The van der Waals surface area contributed by atoms with Crippen molar-refractivity contribution in [1.82, 2.24) is 4.90 Å². The summed E-state index contributed by atoms with van der Waals surface area (Å²) >= 11 is 0. The van der Waals surface area contributed by atoms with E-state index < -0.39 is 5.97 Å². The van der Waals surface area contributed by atoms with E-state index in [-0.39, 0.29) is 12.3 Å². The molecule has 4 nitrogen and oxygen atoms in total. The molecule has 0 aromatic heterocycles. The molecule has 0 fully saturated rings. The summed E-state index contributed by atoms with van der Waals surface area (Å²) in [6, 6.07) is 7.38. The highest BCUT2D eigenvalue weighted by atomic mass is 16.4. The average molecular weight is 235 g/mol. The van der Waals surface area contributed by atoms with Crippen LogP contribution < -0.4 is 0 Å². The Bertz CT molecular complexity index is 415. The first-order valence-corrected chi connectivity index (χ1v) is 5.55. The summed E-state index contributed by atoms with van der Waals surface area (Å²) in [7, 11) is 1.69. The van der Waals surface area contributed by atoms with Gasteiger partial charge in [-0.25, -0.2) is 0 Å². The van der Waals surface area contributed by atoms with Crippen LogP contribution in [0.25, 0.3) is 0 Å². The summed E-state index contributed by atoms with van der Waals surface area (Å²) in [5.74, 6) is -0.893. The van der Waals surface area contributed by atoms with Crippen LogP contribution in [0.3, 0.4) is 0 Å². The SMILES string of the molecule is Cc1ccccc1C(=O)N(C)CCCC(=O)O. The largest absolute Gasteiger partial charge is 0.481 e. The molecule has 0 aliphatic rings. The van der Waals surface area contributed by atoms with Crippen molar-refractivity contribution in [3.63, 3.8) is 0 Å². The van der Waals surface area contributed by atoms with Gasteiger partial charge in [0.05, 0.1) is 0 Å². The van der Waals surface area contributed by atoms with Gasteiger partial charge in [0.15, 0.2) is 0 Å². The highest BCUT2D eigenvalue weighted by Gasteiger charge is 2.13. The van der Waals surface area contributed by atoms with Crippen molar-refractivity contribution < 1.29 is 14.7 Å². The van der Waals surface area contributed by atoms with Crippen molar-refractivity contribution in [1.29, 1.82) is 0 Å². The Labute approximate surface area is 101 Å². The molecule has 0 spiro atoms. The van der Waals surface area contributed by atoms with Crippen LogP contribution >= 0.6 is 0 Å². The number of benzene rings is 1. The molecule has 0 heterocycles. The van der Waals surface area contributed by atoms with Crippen LogP contribution in [-0.2, 0) is 4.79 Å². The van der Waals surface area contributed by atoms with Gasteiger partial charge >= 0.3 is 5.97 Å². The molecule has 4 heteroatoms. The second-order valence-electron chi connectivity index (χ2n) is 4.04. The second kappa shape index (κ2) is 6.03. The molecule has 1 N–H and O–H groups in total. The van der Waals surface area contributed by atoms with Crippen LogP contribution in [0, 0.1) is 6.92 Å². The molecule has 1 amide bonds. The van der Waals surface area contributed by atoms with E-state index in [0.29, 0.717) is 18.5 Å². The number of amides is 1. The van der Waals surface area contributed by atoms with Gasteiger partial charge in [0.2, 0.25) is 0 Å². The Morgan fingerprint density at radius 3 is 2.53 bits per heavy atom. The molecule has 0 radical (unpaired) electrons. The molecule has 0 unspecified atom stereocenters. The average Bonchev–Trinajstić information content (AvgIpc) is 2.28. The number of hydrogen-bond acceptors (Lipinski definition) is 2. The van der Waals surface area contributed by atoms with E-state index in [1.807, 2.05) is 25.1 Å². The van der Waals surface area contributed by atoms with E-state index in [1.54, 1.807) is 18.0 Å². The summed E-state index contributed by atoms with van der Waals surface area (Å²) in [5.41, 5.74) is 1.60. The van der Waals surface area contributed by atoms with Crippen molar-refractivity contribution in [3.05, 3.63) is 35.4 Å². The fourth-order valence-corrected chi connectivity index (χ4v) is 1.59. The predicted molar refractivity (Wildman–Crippen MR) is 65.0 cm³/mol. The standard InChI is InChI=1S/C13H17NO3/c1-10-6-3-4-7-11(10)13(17)14(2)9-5-8-12(15)16/h3-4,6-7H,5,8-9H2,1-2H3,(H,15,16). The van der Waals surface area contributed by atoms with E-state index in [2.05, 4.69) is 0 Å². The Balaban J connectivity index is 2.58. The van der Waals surface area contributed by atoms with Crippen LogP contribution in [0.2, 0.25) is 0 Å². The lowest BCUT2D eigenvalue weighted by molar-refractivity contribution is -0.137. The number of carboxylic acids is 1. The minimum atomic E-state index is -0.832. The number of aliphatic carboxylic acids is 1. The van der Waals surface area contributed by atoms with E-state index >= 15 is 0 Å². The molecule has 92 valence electrons. The summed E-state index contributed by atoms with van der Waals surface area (Å²) < 4.78 is 0. The van der Waals surface area contributed by atoms with Gasteiger partial charge in [0.1, 0.15) is 0 Å². The smallest absolute Gasteiger partial charge is 0.303 e.